The highest BCUT2D eigenvalue weighted by Gasteiger charge is 2.52. The molecule has 1 saturated heterocycles. The zero-order valence-electron chi connectivity index (χ0n) is 8.98. The Balaban J connectivity index is 2.23. The molecule has 1 atom stereocenters. The number of nitrogens with zero attached hydrogens (tertiary/aromatic N) is 1. The summed E-state index contributed by atoms with van der Waals surface area (Å²) in [7, 11) is 1.68. The van der Waals surface area contributed by atoms with Crippen LogP contribution >= 0.6 is 0 Å². The summed E-state index contributed by atoms with van der Waals surface area (Å²) in [5.41, 5.74) is -0.119. The molecule has 2 aliphatic rings. The zero-order chi connectivity index (χ0) is 10.4. The molecule has 0 aromatic heterocycles. The van der Waals surface area contributed by atoms with E-state index in [0.717, 1.165) is 19.3 Å². The number of carbonyl (C=O) groups is 1. The molecule has 2 rings (SSSR count). The molecule has 0 radical (unpaired) electrons. The minimum absolute atomic E-state index is 0.0867. The topological polar surface area (TPSA) is 53.5 Å². The van der Waals surface area contributed by atoms with Crippen LogP contribution in [0, 0.1) is 5.41 Å². The van der Waals surface area contributed by atoms with E-state index < -0.39 is 0 Å². The van der Waals surface area contributed by atoms with Gasteiger partial charge in [0, 0.05) is 7.05 Å². The summed E-state index contributed by atoms with van der Waals surface area (Å²) in [5, 5.41) is 5.98. The maximum Gasteiger partial charge on any atom is 0.252 e. The molecule has 1 aliphatic heterocycles. The van der Waals surface area contributed by atoms with Crippen molar-refractivity contribution in [3.05, 3.63) is 0 Å². The Morgan fingerprint density at radius 1 is 1.36 bits per heavy atom. The first-order valence-electron chi connectivity index (χ1n) is 5.04. The van der Waals surface area contributed by atoms with Crippen molar-refractivity contribution in [1.82, 2.24) is 10.6 Å². The normalized spacial score (nSPS) is 37.6. The lowest BCUT2D eigenvalue weighted by molar-refractivity contribution is -0.124. The Hall–Kier alpha value is -1.06. The van der Waals surface area contributed by atoms with Crippen LogP contribution in [0.15, 0.2) is 4.99 Å². The lowest BCUT2D eigenvalue weighted by Crippen LogP contribution is -2.45. The highest BCUT2D eigenvalue weighted by Crippen LogP contribution is 2.44. The molecular formula is C10H17N3O. The van der Waals surface area contributed by atoms with Crippen LogP contribution in [-0.2, 0) is 4.79 Å². The number of aliphatic imine (C=N–C) groups is 1. The molecule has 1 amide bonds. The number of carbonyl (C=O) groups excluding carboxylic acids is 1. The average Bonchev–Trinajstić information content (AvgIpc) is 2.56. The summed E-state index contributed by atoms with van der Waals surface area (Å²) in [4.78, 5) is 15.8. The van der Waals surface area contributed by atoms with Crippen LogP contribution < -0.4 is 10.6 Å². The lowest BCUT2D eigenvalue weighted by Gasteiger charge is -2.23. The molecule has 78 valence electrons. The van der Waals surface area contributed by atoms with Crippen LogP contribution in [0.4, 0.5) is 0 Å². The lowest BCUT2D eigenvalue weighted by atomic mass is 9.88. The minimum Gasteiger partial charge on any atom is -0.342 e. The van der Waals surface area contributed by atoms with E-state index >= 15 is 0 Å². The van der Waals surface area contributed by atoms with Gasteiger partial charge >= 0.3 is 0 Å². The maximum atomic E-state index is 11.8. The van der Waals surface area contributed by atoms with Gasteiger partial charge in [-0.2, -0.15) is 0 Å². The first-order chi connectivity index (χ1) is 6.47. The Bertz CT molecular complexity index is 308. The van der Waals surface area contributed by atoms with E-state index in [1.807, 2.05) is 0 Å². The third kappa shape index (κ3) is 1.29. The predicted octanol–water partition coefficient (Wildman–Crippen LogP) is 0.640. The van der Waals surface area contributed by atoms with Crippen molar-refractivity contribution in [3.63, 3.8) is 0 Å². The third-order valence-electron chi connectivity index (χ3n) is 3.26. The van der Waals surface area contributed by atoms with Gasteiger partial charge < -0.3 is 5.32 Å². The van der Waals surface area contributed by atoms with E-state index in [0.29, 0.717) is 5.96 Å². The Kier molecular flexibility index (Phi) is 1.84. The summed E-state index contributed by atoms with van der Waals surface area (Å²) in [5.74, 6) is 0.705. The quantitative estimate of drug-likeness (QED) is 0.596. The van der Waals surface area contributed by atoms with Crippen LogP contribution in [0.25, 0.3) is 0 Å². The Morgan fingerprint density at radius 2 is 2.07 bits per heavy atom. The van der Waals surface area contributed by atoms with Crippen LogP contribution in [0.1, 0.15) is 33.1 Å². The van der Waals surface area contributed by atoms with Crippen molar-refractivity contribution >= 4 is 11.9 Å². The molecule has 1 spiro atoms. The van der Waals surface area contributed by atoms with Crippen LogP contribution in [0.2, 0.25) is 0 Å². The van der Waals surface area contributed by atoms with Gasteiger partial charge in [-0.3, -0.25) is 15.1 Å². The molecule has 1 heterocycles. The standard InChI is InChI=1S/C10H17N3O/c1-9(2)4-5-10(6-9)7(14)12-8(11-3)13-10/h4-6H2,1-3H3,(H2,11,12,13,14). The molecule has 4 nitrogen and oxygen atoms in total. The fraction of sp³-hybridized carbons (Fsp3) is 0.800. The van der Waals surface area contributed by atoms with Crippen LogP contribution in [0.3, 0.4) is 0 Å². The van der Waals surface area contributed by atoms with Gasteiger partial charge in [0.2, 0.25) is 0 Å². The second-order valence-corrected chi connectivity index (χ2v) is 5.07. The summed E-state index contributed by atoms with van der Waals surface area (Å²) >= 11 is 0. The number of rotatable bonds is 0. The van der Waals surface area contributed by atoms with Gasteiger partial charge in [-0.15, -0.1) is 0 Å². The fourth-order valence-electron chi connectivity index (χ4n) is 2.50. The molecule has 2 N–H and O–H groups in total. The summed E-state index contributed by atoms with van der Waals surface area (Å²) in [6.45, 7) is 4.41. The highest BCUT2D eigenvalue weighted by atomic mass is 16.2. The molecular weight excluding hydrogens is 178 g/mol. The van der Waals surface area contributed by atoms with E-state index in [1.165, 1.54) is 0 Å². The maximum absolute atomic E-state index is 11.8. The van der Waals surface area contributed by atoms with Crippen LogP contribution in [-0.4, -0.2) is 24.5 Å². The molecule has 0 bridgehead atoms. The number of hydrogen-bond donors (Lipinski definition) is 2. The third-order valence-corrected chi connectivity index (χ3v) is 3.26. The molecule has 2 fully saturated rings. The molecule has 1 aliphatic carbocycles. The van der Waals surface area contributed by atoms with Crippen molar-refractivity contribution in [2.24, 2.45) is 10.4 Å². The van der Waals surface area contributed by atoms with E-state index in [9.17, 15) is 4.79 Å². The number of nitrogens with one attached hydrogen (secondary N) is 2. The fourth-order valence-corrected chi connectivity index (χ4v) is 2.50. The molecule has 1 unspecified atom stereocenters. The highest BCUT2D eigenvalue weighted by molar-refractivity contribution is 6.09. The van der Waals surface area contributed by atoms with E-state index in [1.54, 1.807) is 7.05 Å². The Morgan fingerprint density at radius 3 is 2.50 bits per heavy atom. The first-order valence-corrected chi connectivity index (χ1v) is 5.04. The Labute approximate surface area is 84.2 Å². The van der Waals surface area contributed by atoms with Gasteiger partial charge in [0.25, 0.3) is 5.91 Å². The number of guanidine groups is 1. The number of amides is 1. The van der Waals surface area contributed by atoms with Gasteiger partial charge in [-0.05, 0) is 24.7 Å². The van der Waals surface area contributed by atoms with Crippen molar-refractivity contribution in [2.45, 2.75) is 38.6 Å². The van der Waals surface area contributed by atoms with Crippen LogP contribution in [0.5, 0.6) is 0 Å². The second kappa shape index (κ2) is 2.72. The molecule has 4 heteroatoms. The van der Waals surface area contributed by atoms with E-state index in [2.05, 4.69) is 29.5 Å². The van der Waals surface area contributed by atoms with E-state index in [4.69, 9.17) is 0 Å². The van der Waals surface area contributed by atoms with Crippen molar-refractivity contribution in [3.8, 4) is 0 Å². The predicted molar refractivity (Wildman–Crippen MR) is 55.0 cm³/mol. The average molecular weight is 195 g/mol. The van der Waals surface area contributed by atoms with Gasteiger partial charge in [0.05, 0.1) is 0 Å². The number of hydrogen-bond acceptors (Lipinski definition) is 2. The molecule has 1 saturated carbocycles. The van der Waals surface area contributed by atoms with E-state index in [-0.39, 0.29) is 16.9 Å². The van der Waals surface area contributed by atoms with Gasteiger partial charge in [-0.25, -0.2) is 0 Å². The molecule has 0 aromatic rings. The monoisotopic (exact) mass is 195 g/mol. The smallest absolute Gasteiger partial charge is 0.252 e. The largest absolute Gasteiger partial charge is 0.342 e. The van der Waals surface area contributed by atoms with Crippen molar-refractivity contribution in [2.75, 3.05) is 7.05 Å². The first kappa shape index (κ1) is 9.49. The second-order valence-electron chi connectivity index (χ2n) is 5.07. The van der Waals surface area contributed by atoms with Crippen molar-refractivity contribution in [1.29, 1.82) is 0 Å². The van der Waals surface area contributed by atoms with Gasteiger partial charge in [-0.1, -0.05) is 13.8 Å². The summed E-state index contributed by atoms with van der Waals surface area (Å²) in [6.07, 6.45) is 2.89. The van der Waals surface area contributed by atoms with Gasteiger partial charge in [0.15, 0.2) is 5.96 Å². The summed E-state index contributed by atoms with van der Waals surface area (Å²) in [6, 6.07) is 0. The molecule has 0 aromatic carbocycles. The zero-order valence-corrected chi connectivity index (χ0v) is 8.98. The van der Waals surface area contributed by atoms with Crippen molar-refractivity contribution < 1.29 is 4.79 Å². The minimum atomic E-state index is -0.377. The SMILES string of the molecule is CN=C1NC(=O)C2(CCC(C)(C)C2)N1. The summed E-state index contributed by atoms with van der Waals surface area (Å²) < 4.78 is 0. The van der Waals surface area contributed by atoms with Gasteiger partial charge in [0.1, 0.15) is 5.54 Å². The molecule has 14 heavy (non-hydrogen) atoms.